The largest absolute Gasteiger partial charge is 0.493 e. The van der Waals surface area contributed by atoms with Gasteiger partial charge >= 0.3 is 6.18 Å². The molecule has 0 aliphatic carbocycles. The van der Waals surface area contributed by atoms with E-state index in [9.17, 15) is 13.2 Å². The summed E-state index contributed by atoms with van der Waals surface area (Å²) in [6, 6.07) is 4.03. The van der Waals surface area contributed by atoms with Crippen LogP contribution in [0.1, 0.15) is 56.7 Å². The average Bonchev–Trinajstić information content (AvgIpc) is 3.36. The van der Waals surface area contributed by atoms with Gasteiger partial charge in [0.1, 0.15) is 16.5 Å². The zero-order valence-corrected chi connectivity index (χ0v) is 19.2. The second kappa shape index (κ2) is 10.9. The summed E-state index contributed by atoms with van der Waals surface area (Å²) in [7, 11) is 0. The molecule has 0 aliphatic rings. The van der Waals surface area contributed by atoms with Crippen LogP contribution < -0.4 is 10.1 Å². The molecule has 2 aromatic heterocycles. The highest BCUT2D eigenvalue weighted by Gasteiger charge is 2.34. The van der Waals surface area contributed by atoms with Crippen LogP contribution >= 0.6 is 22.7 Å². The number of hydrogen-bond acceptors (Lipinski definition) is 6. The molecule has 0 fully saturated rings. The fourth-order valence-corrected chi connectivity index (χ4v) is 4.59. The first kappa shape index (κ1) is 23.5. The van der Waals surface area contributed by atoms with Crippen molar-refractivity contribution in [3.8, 4) is 16.5 Å². The normalized spacial score (nSPS) is 11.6. The number of halogens is 3. The first-order chi connectivity index (χ1) is 14.9. The van der Waals surface area contributed by atoms with Crippen molar-refractivity contribution in [2.45, 2.75) is 58.5 Å². The molecule has 0 atom stereocenters. The van der Waals surface area contributed by atoms with Crippen molar-refractivity contribution < 1.29 is 17.9 Å². The van der Waals surface area contributed by atoms with Crippen molar-refractivity contribution >= 4 is 33.5 Å². The predicted octanol–water partition coefficient (Wildman–Crippen LogP) is 8.08. The lowest BCUT2D eigenvalue weighted by molar-refractivity contribution is -0.138. The van der Waals surface area contributed by atoms with Crippen LogP contribution in [0.15, 0.2) is 29.0 Å². The van der Waals surface area contributed by atoms with Gasteiger partial charge in [0.25, 0.3) is 0 Å². The van der Waals surface area contributed by atoms with Crippen LogP contribution in [0.25, 0.3) is 10.7 Å². The van der Waals surface area contributed by atoms with Crippen molar-refractivity contribution in [1.29, 1.82) is 0 Å². The smallest absolute Gasteiger partial charge is 0.420 e. The second-order valence-corrected chi connectivity index (χ2v) is 9.00. The van der Waals surface area contributed by atoms with E-state index in [1.807, 2.05) is 17.7 Å². The lowest BCUT2D eigenvalue weighted by atomic mass is 10.1. The fraction of sp³-hybridized carbons (Fsp3) is 0.455. The molecular formula is C22H26F3N3OS2. The average molecular weight is 470 g/mol. The molecule has 3 rings (SSSR count). The Hall–Kier alpha value is -2.13. The van der Waals surface area contributed by atoms with E-state index < -0.39 is 11.7 Å². The third kappa shape index (κ3) is 6.93. The minimum absolute atomic E-state index is 0.135. The molecule has 0 saturated carbocycles. The van der Waals surface area contributed by atoms with E-state index in [0.29, 0.717) is 16.5 Å². The fourth-order valence-electron chi connectivity index (χ4n) is 3.04. The summed E-state index contributed by atoms with van der Waals surface area (Å²) < 4.78 is 46.2. The van der Waals surface area contributed by atoms with Gasteiger partial charge in [-0.1, -0.05) is 39.0 Å². The van der Waals surface area contributed by atoms with Crippen molar-refractivity contribution in [2.24, 2.45) is 0 Å². The molecule has 9 heteroatoms. The number of nitrogens with zero attached hydrogens (tertiary/aromatic N) is 2. The first-order valence-electron chi connectivity index (χ1n) is 10.4. The minimum Gasteiger partial charge on any atom is -0.493 e. The van der Waals surface area contributed by atoms with Gasteiger partial charge in [0.05, 0.1) is 12.2 Å². The highest BCUT2D eigenvalue weighted by atomic mass is 32.1. The Bertz CT molecular complexity index is 969. The number of unbranched alkanes of at least 4 members (excludes halogenated alkanes) is 5. The number of rotatable bonds is 11. The molecule has 0 saturated heterocycles. The van der Waals surface area contributed by atoms with E-state index in [0.717, 1.165) is 42.5 Å². The van der Waals surface area contributed by atoms with Gasteiger partial charge in [0.15, 0.2) is 5.13 Å². The minimum atomic E-state index is -4.50. The van der Waals surface area contributed by atoms with E-state index >= 15 is 0 Å². The highest BCUT2D eigenvalue weighted by molar-refractivity contribution is 7.15. The van der Waals surface area contributed by atoms with Gasteiger partial charge in [0.2, 0.25) is 0 Å². The number of nitrogens with one attached hydrogen (secondary N) is 1. The number of ether oxygens (including phenoxy) is 1. The van der Waals surface area contributed by atoms with Gasteiger partial charge in [0, 0.05) is 22.1 Å². The van der Waals surface area contributed by atoms with Gasteiger partial charge < -0.3 is 10.1 Å². The van der Waals surface area contributed by atoms with Gasteiger partial charge in [-0.2, -0.15) is 13.2 Å². The molecule has 0 aliphatic heterocycles. The van der Waals surface area contributed by atoms with E-state index in [2.05, 4.69) is 22.2 Å². The van der Waals surface area contributed by atoms with Crippen LogP contribution in [0.2, 0.25) is 0 Å². The molecule has 168 valence electrons. The molecule has 0 spiro atoms. The van der Waals surface area contributed by atoms with Crippen LogP contribution in [-0.4, -0.2) is 16.6 Å². The molecule has 1 aromatic carbocycles. The van der Waals surface area contributed by atoms with E-state index in [4.69, 9.17) is 4.74 Å². The first-order valence-corrected chi connectivity index (χ1v) is 12.1. The van der Waals surface area contributed by atoms with E-state index in [-0.39, 0.29) is 12.4 Å². The van der Waals surface area contributed by atoms with Crippen LogP contribution in [0, 0.1) is 6.92 Å². The SMILES string of the molecule is CCCCCCCCOc1ccc(Nc2nc(-c3nc(C)cs3)cs2)cc1C(F)(F)F. The number of benzene rings is 1. The summed E-state index contributed by atoms with van der Waals surface area (Å²) >= 11 is 2.81. The molecule has 0 amide bonds. The van der Waals surface area contributed by atoms with Crippen molar-refractivity contribution in [1.82, 2.24) is 9.97 Å². The summed E-state index contributed by atoms with van der Waals surface area (Å²) in [5.74, 6) is -0.135. The zero-order chi connectivity index (χ0) is 22.3. The second-order valence-electron chi connectivity index (χ2n) is 7.28. The third-order valence-corrected chi connectivity index (χ3v) is 6.37. The summed E-state index contributed by atoms with van der Waals surface area (Å²) in [5.41, 5.74) is 1.15. The molecule has 0 bridgehead atoms. The lowest BCUT2D eigenvalue weighted by Gasteiger charge is -2.15. The van der Waals surface area contributed by atoms with Gasteiger partial charge in [-0.05, 0) is 31.5 Å². The maximum absolute atomic E-state index is 13.6. The quantitative estimate of drug-likeness (QED) is 0.288. The van der Waals surface area contributed by atoms with Gasteiger partial charge in [-0.15, -0.1) is 22.7 Å². The van der Waals surface area contributed by atoms with Crippen LogP contribution in [0.3, 0.4) is 0 Å². The Labute approximate surface area is 188 Å². The summed E-state index contributed by atoms with van der Waals surface area (Å²) in [6.07, 6.45) is 1.82. The number of hydrogen-bond donors (Lipinski definition) is 1. The topological polar surface area (TPSA) is 47.0 Å². The summed E-state index contributed by atoms with van der Waals surface area (Å²) in [4.78, 5) is 8.82. The lowest BCUT2D eigenvalue weighted by Crippen LogP contribution is -2.10. The van der Waals surface area contributed by atoms with E-state index in [1.54, 1.807) is 6.07 Å². The Morgan fingerprint density at radius 2 is 1.77 bits per heavy atom. The number of aromatic nitrogens is 2. The standard InChI is InChI=1S/C22H26F3N3OS2/c1-3-4-5-6-7-8-11-29-19-10-9-16(12-17(19)22(23,24)25)27-21-28-18(14-31-21)20-26-15(2)13-30-20/h9-10,12-14H,3-8,11H2,1-2H3,(H,27,28). The Balaban J connectivity index is 1.64. The van der Waals surface area contributed by atoms with Gasteiger partial charge in [-0.25, -0.2) is 9.97 Å². The van der Waals surface area contributed by atoms with Crippen molar-refractivity contribution in [3.63, 3.8) is 0 Å². The maximum Gasteiger partial charge on any atom is 0.420 e. The molecule has 3 aromatic rings. The van der Waals surface area contributed by atoms with Crippen molar-refractivity contribution in [3.05, 3.63) is 40.2 Å². The maximum atomic E-state index is 13.6. The molecule has 0 unspecified atom stereocenters. The number of aryl methyl sites for hydroxylation is 1. The number of thiazole rings is 2. The van der Waals surface area contributed by atoms with Crippen LogP contribution in [0.5, 0.6) is 5.75 Å². The Morgan fingerprint density at radius 3 is 2.48 bits per heavy atom. The monoisotopic (exact) mass is 469 g/mol. The summed E-state index contributed by atoms with van der Waals surface area (Å²) in [6.45, 7) is 4.33. The number of alkyl halides is 3. The van der Waals surface area contributed by atoms with E-state index in [1.165, 1.54) is 41.6 Å². The molecule has 4 nitrogen and oxygen atoms in total. The van der Waals surface area contributed by atoms with Crippen molar-refractivity contribution in [2.75, 3.05) is 11.9 Å². The molecule has 31 heavy (non-hydrogen) atoms. The molecular weight excluding hydrogens is 443 g/mol. The Kier molecular flexibility index (Phi) is 8.31. The Morgan fingerprint density at radius 1 is 1.00 bits per heavy atom. The molecule has 1 N–H and O–H groups in total. The highest BCUT2D eigenvalue weighted by Crippen LogP contribution is 2.39. The van der Waals surface area contributed by atoms with Crippen LogP contribution in [0.4, 0.5) is 24.0 Å². The van der Waals surface area contributed by atoms with Crippen LogP contribution in [-0.2, 0) is 6.18 Å². The molecule has 2 heterocycles. The summed E-state index contributed by atoms with van der Waals surface area (Å²) in [5, 5.41) is 8.03. The zero-order valence-electron chi connectivity index (χ0n) is 17.6. The molecule has 0 radical (unpaired) electrons. The predicted molar refractivity (Wildman–Crippen MR) is 122 cm³/mol. The van der Waals surface area contributed by atoms with Gasteiger partial charge in [-0.3, -0.25) is 0 Å². The number of anilines is 2. The third-order valence-electron chi connectivity index (χ3n) is 4.63.